The number of nitrogens with zero attached hydrogens (tertiary/aromatic N) is 2. The molecule has 2 amide bonds. The van der Waals surface area contributed by atoms with Gasteiger partial charge in [-0.15, -0.1) is 11.3 Å². The van der Waals surface area contributed by atoms with Gasteiger partial charge in [-0.1, -0.05) is 19.8 Å². The fraction of sp³-hybridized carbons (Fsp3) is 0.652. The molecule has 5 rings (SSSR count). The minimum atomic E-state index is -0.837. The van der Waals surface area contributed by atoms with Gasteiger partial charge in [0.05, 0.1) is 16.8 Å². The van der Waals surface area contributed by atoms with Crippen LogP contribution in [-0.2, 0) is 11.3 Å². The fourth-order valence-electron chi connectivity index (χ4n) is 5.71. The second-order valence-electron chi connectivity index (χ2n) is 9.60. The Hall–Kier alpha value is -1.82. The lowest BCUT2D eigenvalue weighted by atomic mass is 9.86. The van der Waals surface area contributed by atoms with Crippen molar-refractivity contribution >= 4 is 33.4 Å². The van der Waals surface area contributed by atoms with Crippen LogP contribution in [0.4, 0.5) is 0 Å². The Bertz CT molecular complexity index is 933. The Kier molecular flexibility index (Phi) is 4.72. The van der Waals surface area contributed by atoms with E-state index in [2.05, 4.69) is 28.3 Å². The minimum absolute atomic E-state index is 0.0278. The van der Waals surface area contributed by atoms with E-state index in [1.165, 1.54) is 12.8 Å². The second-order valence-corrected chi connectivity index (χ2v) is 10.6. The maximum atomic E-state index is 13.7. The van der Waals surface area contributed by atoms with Gasteiger partial charge in [0, 0.05) is 12.1 Å². The van der Waals surface area contributed by atoms with Crippen LogP contribution in [0.1, 0.15) is 75.7 Å². The zero-order valence-electron chi connectivity index (χ0n) is 17.4. The average molecular weight is 414 g/mol. The lowest BCUT2D eigenvalue weighted by molar-refractivity contribution is -0.135. The monoisotopic (exact) mass is 413 g/mol. The first-order valence-corrected chi connectivity index (χ1v) is 12.1. The molecule has 2 aliphatic carbocycles. The number of aromatic nitrogens is 1. The van der Waals surface area contributed by atoms with Crippen LogP contribution in [0.3, 0.4) is 0 Å². The first-order valence-electron chi connectivity index (χ1n) is 11.2. The maximum absolute atomic E-state index is 13.7. The van der Waals surface area contributed by atoms with E-state index in [1.54, 1.807) is 11.3 Å². The molecule has 3 heterocycles. The van der Waals surface area contributed by atoms with Crippen molar-refractivity contribution in [2.24, 2.45) is 5.92 Å². The van der Waals surface area contributed by atoms with Crippen LogP contribution in [0.25, 0.3) is 10.2 Å². The number of hydrogen-bond donors (Lipinski definition) is 1. The van der Waals surface area contributed by atoms with Gasteiger partial charge in [0.1, 0.15) is 11.2 Å². The highest BCUT2D eigenvalue weighted by Crippen LogP contribution is 2.39. The number of nitrogens with one attached hydrogen (secondary N) is 1. The summed E-state index contributed by atoms with van der Waals surface area (Å²) < 4.78 is 3.22. The van der Waals surface area contributed by atoms with Crippen molar-refractivity contribution in [2.75, 3.05) is 0 Å². The third-order valence-corrected chi connectivity index (χ3v) is 8.34. The highest BCUT2D eigenvalue weighted by molar-refractivity contribution is 7.17. The summed E-state index contributed by atoms with van der Waals surface area (Å²) in [5, 5.41) is 5.41. The number of rotatable bonds is 3. The Labute approximate surface area is 176 Å². The third-order valence-electron chi connectivity index (χ3n) is 7.49. The SMILES string of the molecule is CC1CCC(NC(=O)C2(C)Cn3c(cc4sccc43)C(=O)N2C2CCCC2)CC1. The summed E-state index contributed by atoms with van der Waals surface area (Å²) in [5.74, 6) is 0.806. The molecule has 5 nitrogen and oxygen atoms in total. The molecule has 2 saturated carbocycles. The van der Waals surface area contributed by atoms with Crippen LogP contribution in [0, 0.1) is 5.92 Å². The van der Waals surface area contributed by atoms with Crippen molar-refractivity contribution < 1.29 is 9.59 Å². The van der Waals surface area contributed by atoms with Crippen molar-refractivity contribution in [1.82, 2.24) is 14.8 Å². The molecule has 0 bridgehead atoms. The summed E-state index contributed by atoms with van der Waals surface area (Å²) in [4.78, 5) is 29.3. The van der Waals surface area contributed by atoms with Gasteiger partial charge in [-0.3, -0.25) is 9.59 Å². The van der Waals surface area contributed by atoms with Gasteiger partial charge >= 0.3 is 0 Å². The van der Waals surface area contributed by atoms with E-state index >= 15 is 0 Å². The molecule has 0 saturated heterocycles. The van der Waals surface area contributed by atoms with Crippen LogP contribution in [0.5, 0.6) is 0 Å². The van der Waals surface area contributed by atoms with E-state index in [9.17, 15) is 9.59 Å². The zero-order chi connectivity index (χ0) is 20.2. The quantitative estimate of drug-likeness (QED) is 0.802. The molecule has 2 aromatic rings. The van der Waals surface area contributed by atoms with E-state index in [0.717, 1.165) is 60.4 Å². The first-order chi connectivity index (χ1) is 14.0. The van der Waals surface area contributed by atoms with Crippen LogP contribution in [0.2, 0.25) is 0 Å². The largest absolute Gasteiger partial charge is 0.351 e. The van der Waals surface area contributed by atoms with E-state index in [0.29, 0.717) is 6.54 Å². The van der Waals surface area contributed by atoms with Gasteiger partial charge in [-0.2, -0.15) is 0 Å². The number of carbonyl (C=O) groups excluding carboxylic acids is 2. The summed E-state index contributed by atoms with van der Waals surface area (Å²) in [5.41, 5.74) is 0.987. The van der Waals surface area contributed by atoms with Crippen molar-refractivity contribution in [3.63, 3.8) is 0 Å². The van der Waals surface area contributed by atoms with E-state index < -0.39 is 5.54 Å². The molecule has 156 valence electrons. The predicted molar refractivity (Wildman–Crippen MR) is 116 cm³/mol. The van der Waals surface area contributed by atoms with Crippen LogP contribution >= 0.6 is 11.3 Å². The van der Waals surface area contributed by atoms with Crippen LogP contribution in [-0.4, -0.2) is 38.9 Å². The van der Waals surface area contributed by atoms with Gasteiger partial charge in [0.15, 0.2) is 0 Å². The molecule has 0 spiro atoms. The van der Waals surface area contributed by atoms with Crippen LogP contribution in [0.15, 0.2) is 17.5 Å². The van der Waals surface area contributed by atoms with Gasteiger partial charge in [0.2, 0.25) is 5.91 Å². The highest BCUT2D eigenvalue weighted by Gasteiger charge is 2.51. The molecule has 2 aromatic heterocycles. The molecule has 3 aliphatic rings. The number of thiophene rings is 1. The standard InChI is InChI=1S/C23H31N3O2S/c1-15-7-9-16(10-8-15)24-22(28)23(2)14-25-18-11-12-29-20(18)13-19(25)21(27)26(23)17-5-3-4-6-17/h11-13,15-17H,3-10,14H2,1-2H3,(H,24,28). The summed E-state index contributed by atoms with van der Waals surface area (Å²) in [6, 6.07) is 4.50. The zero-order valence-corrected chi connectivity index (χ0v) is 18.3. The molecular weight excluding hydrogens is 382 g/mol. The first kappa shape index (κ1) is 19.2. The molecule has 1 aliphatic heterocycles. The molecule has 1 atom stereocenters. The average Bonchev–Trinajstić information content (AvgIpc) is 3.42. The Balaban J connectivity index is 1.50. The van der Waals surface area contributed by atoms with Crippen molar-refractivity contribution in [3.05, 3.63) is 23.2 Å². The Morgan fingerprint density at radius 3 is 2.62 bits per heavy atom. The number of carbonyl (C=O) groups is 2. The topological polar surface area (TPSA) is 54.3 Å². The van der Waals surface area contributed by atoms with Crippen molar-refractivity contribution in [2.45, 2.75) is 89.4 Å². The summed E-state index contributed by atoms with van der Waals surface area (Å²) >= 11 is 1.66. The molecule has 0 radical (unpaired) electrons. The van der Waals surface area contributed by atoms with Crippen molar-refractivity contribution in [3.8, 4) is 0 Å². The fourth-order valence-corrected chi connectivity index (χ4v) is 6.54. The number of fused-ring (bicyclic) bond motifs is 3. The van der Waals surface area contributed by atoms with E-state index in [-0.39, 0.29) is 23.9 Å². The summed E-state index contributed by atoms with van der Waals surface area (Å²) in [7, 11) is 0. The maximum Gasteiger partial charge on any atom is 0.271 e. The molecule has 1 N–H and O–H groups in total. The Morgan fingerprint density at radius 2 is 1.90 bits per heavy atom. The molecule has 0 aromatic carbocycles. The predicted octanol–water partition coefficient (Wildman–Crippen LogP) is 4.55. The van der Waals surface area contributed by atoms with Gasteiger partial charge < -0.3 is 14.8 Å². The van der Waals surface area contributed by atoms with Crippen molar-refractivity contribution in [1.29, 1.82) is 0 Å². The van der Waals surface area contributed by atoms with E-state index in [4.69, 9.17) is 0 Å². The second kappa shape index (κ2) is 7.15. The molecular formula is C23H31N3O2S. The molecule has 2 fully saturated rings. The highest BCUT2D eigenvalue weighted by atomic mass is 32.1. The van der Waals surface area contributed by atoms with Gasteiger partial charge in [-0.25, -0.2) is 0 Å². The number of hydrogen-bond acceptors (Lipinski definition) is 3. The molecule has 6 heteroatoms. The summed E-state index contributed by atoms with van der Waals surface area (Å²) in [6.45, 7) is 4.82. The third kappa shape index (κ3) is 3.11. The summed E-state index contributed by atoms with van der Waals surface area (Å²) in [6.07, 6.45) is 8.73. The Morgan fingerprint density at radius 1 is 1.17 bits per heavy atom. The van der Waals surface area contributed by atoms with Crippen LogP contribution < -0.4 is 5.32 Å². The lowest BCUT2D eigenvalue weighted by Gasteiger charge is -2.47. The van der Waals surface area contributed by atoms with E-state index in [1.807, 2.05) is 17.9 Å². The minimum Gasteiger partial charge on any atom is -0.351 e. The number of amides is 2. The molecule has 29 heavy (non-hydrogen) atoms. The lowest BCUT2D eigenvalue weighted by Crippen LogP contribution is -2.67. The smallest absolute Gasteiger partial charge is 0.271 e. The van der Waals surface area contributed by atoms with Gasteiger partial charge in [-0.05, 0) is 68.9 Å². The van der Waals surface area contributed by atoms with Gasteiger partial charge in [0.25, 0.3) is 5.91 Å². The normalized spacial score (nSPS) is 30.7. The molecule has 1 unspecified atom stereocenters.